The van der Waals surface area contributed by atoms with Gasteiger partial charge in [-0.25, -0.2) is 0 Å². The van der Waals surface area contributed by atoms with E-state index in [1.165, 1.54) is 4.90 Å². The largest absolute Gasteiger partial charge is 0.507 e. The Hall–Kier alpha value is -3.32. The number of ether oxygens (including phenoxy) is 3. The summed E-state index contributed by atoms with van der Waals surface area (Å²) in [5, 5.41) is 11.1. The maximum Gasteiger partial charge on any atom is 0.295 e. The monoisotopic (exact) mass is 453 g/mol. The third kappa shape index (κ3) is 5.20. The van der Waals surface area contributed by atoms with Crippen LogP contribution in [0.15, 0.2) is 48.0 Å². The molecule has 0 aliphatic carbocycles. The minimum atomic E-state index is -0.752. The molecule has 176 valence electrons. The third-order valence-electron chi connectivity index (χ3n) is 5.50. The molecule has 0 bridgehead atoms. The first-order valence-electron chi connectivity index (χ1n) is 11.2. The van der Waals surface area contributed by atoms with E-state index in [2.05, 4.69) is 0 Å². The van der Waals surface area contributed by atoms with Gasteiger partial charge in [0.1, 0.15) is 5.76 Å². The maximum atomic E-state index is 13.1. The number of methoxy groups -OCH3 is 1. The zero-order valence-corrected chi connectivity index (χ0v) is 19.6. The summed E-state index contributed by atoms with van der Waals surface area (Å²) in [5.41, 5.74) is 2.23. The van der Waals surface area contributed by atoms with Gasteiger partial charge in [0.15, 0.2) is 11.5 Å². The van der Waals surface area contributed by atoms with Crippen LogP contribution in [0.25, 0.3) is 5.76 Å². The van der Waals surface area contributed by atoms with Crippen LogP contribution in [-0.4, -0.2) is 55.2 Å². The van der Waals surface area contributed by atoms with Crippen LogP contribution < -0.4 is 9.47 Å². The maximum absolute atomic E-state index is 13.1. The van der Waals surface area contributed by atoms with Crippen molar-refractivity contribution in [3.8, 4) is 11.5 Å². The Kier molecular flexibility index (Phi) is 8.11. The first-order valence-corrected chi connectivity index (χ1v) is 11.2. The summed E-state index contributed by atoms with van der Waals surface area (Å²) in [6.45, 7) is 7.36. The number of nitrogens with zero attached hydrogens (tertiary/aromatic N) is 1. The van der Waals surface area contributed by atoms with Crippen molar-refractivity contribution in [3.63, 3.8) is 0 Å². The number of aliphatic hydroxyl groups is 1. The quantitative estimate of drug-likeness (QED) is 0.251. The number of carbonyl (C=O) groups excluding carboxylic acids is 2. The number of ketones is 1. The van der Waals surface area contributed by atoms with E-state index in [1.54, 1.807) is 37.4 Å². The van der Waals surface area contributed by atoms with E-state index in [0.717, 1.165) is 5.56 Å². The predicted octanol–water partition coefficient (Wildman–Crippen LogP) is 4.25. The van der Waals surface area contributed by atoms with Gasteiger partial charge in [-0.1, -0.05) is 35.9 Å². The molecule has 1 amide bonds. The number of carbonyl (C=O) groups is 2. The Morgan fingerprint density at radius 2 is 1.67 bits per heavy atom. The highest BCUT2D eigenvalue weighted by Gasteiger charge is 2.46. The van der Waals surface area contributed by atoms with Crippen LogP contribution in [0.5, 0.6) is 11.5 Å². The molecule has 1 N–H and O–H groups in total. The van der Waals surface area contributed by atoms with Crippen molar-refractivity contribution >= 4 is 17.4 Å². The van der Waals surface area contributed by atoms with E-state index >= 15 is 0 Å². The average molecular weight is 454 g/mol. The predicted molar refractivity (Wildman–Crippen MR) is 125 cm³/mol. The van der Waals surface area contributed by atoms with Gasteiger partial charge in [-0.05, 0) is 44.9 Å². The Morgan fingerprint density at radius 3 is 2.30 bits per heavy atom. The molecule has 1 fully saturated rings. The molecule has 2 aromatic carbocycles. The summed E-state index contributed by atoms with van der Waals surface area (Å²) in [5.74, 6) is -0.439. The summed E-state index contributed by atoms with van der Waals surface area (Å²) in [6.07, 6.45) is 0.555. The molecular weight excluding hydrogens is 422 g/mol. The standard InChI is InChI=1S/C26H31NO6/c1-5-32-20-13-12-19(16-21(20)33-6-2)23-22(24(28)18-10-8-17(3)9-11-18)25(29)26(30)27(23)14-7-15-31-4/h8-13,16,23,28H,5-7,14-15H2,1-4H3/b24-22+. The molecular formula is C26H31NO6. The molecule has 1 aliphatic rings. The van der Waals surface area contributed by atoms with E-state index in [0.29, 0.717) is 55.4 Å². The lowest BCUT2D eigenvalue weighted by Gasteiger charge is -2.26. The number of amides is 1. The van der Waals surface area contributed by atoms with Crippen molar-refractivity contribution < 1.29 is 28.9 Å². The number of hydrogen-bond donors (Lipinski definition) is 1. The molecule has 0 radical (unpaired) electrons. The summed E-state index contributed by atoms with van der Waals surface area (Å²) in [6, 6.07) is 11.8. The Bertz CT molecular complexity index is 1030. The van der Waals surface area contributed by atoms with E-state index in [9.17, 15) is 14.7 Å². The zero-order chi connectivity index (χ0) is 24.0. The lowest BCUT2D eigenvalue weighted by atomic mass is 9.94. The molecule has 1 heterocycles. The highest BCUT2D eigenvalue weighted by Crippen LogP contribution is 2.42. The van der Waals surface area contributed by atoms with Crippen molar-refractivity contribution in [2.24, 2.45) is 0 Å². The number of Topliss-reactive ketones (excluding diaryl/α,β-unsaturated/α-hetero) is 1. The minimum absolute atomic E-state index is 0.0629. The summed E-state index contributed by atoms with van der Waals surface area (Å²) < 4.78 is 16.6. The molecule has 3 rings (SSSR count). The van der Waals surface area contributed by atoms with Crippen LogP contribution in [0, 0.1) is 6.92 Å². The van der Waals surface area contributed by atoms with Crippen LogP contribution in [-0.2, 0) is 14.3 Å². The lowest BCUT2D eigenvalue weighted by Crippen LogP contribution is -2.31. The fraction of sp³-hybridized carbons (Fsp3) is 0.385. The Labute approximate surface area is 194 Å². The van der Waals surface area contributed by atoms with Gasteiger partial charge in [-0.3, -0.25) is 9.59 Å². The van der Waals surface area contributed by atoms with Gasteiger partial charge < -0.3 is 24.2 Å². The average Bonchev–Trinajstić information content (AvgIpc) is 3.06. The second-order valence-corrected chi connectivity index (χ2v) is 7.78. The number of aryl methyl sites for hydroxylation is 1. The van der Waals surface area contributed by atoms with Gasteiger partial charge in [0.05, 0.1) is 24.8 Å². The zero-order valence-electron chi connectivity index (χ0n) is 19.6. The van der Waals surface area contributed by atoms with E-state index in [4.69, 9.17) is 14.2 Å². The first kappa shape index (κ1) is 24.3. The molecule has 7 heteroatoms. The number of hydrogen-bond acceptors (Lipinski definition) is 6. The van der Waals surface area contributed by atoms with Crippen LogP contribution in [0.1, 0.15) is 43.0 Å². The molecule has 1 atom stereocenters. The van der Waals surface area contributed by atoms with Crippen LogP contribution in [0.2, 0.25) is 0 Å². The number of rotatable bonds is 10. The topological polar surface area (TPSA) is 85.3 Å². The van der Waals surface area contributed by atoms with E-state index < -0.39 is 17.7 Å². The van der Waals surface area contributed by atoms with Gasteiger partial charge in [0, 0.05) is 25.8 Å². The number of benzene rings is 2. The van der Waals surface area contributed by atoms with E-state index in [-0.39, 0.29) is 11.3 Å². The first-order chi connectivity index (χ1) is 15.9. The molecule has 7 nitrogen and oxygen atoms in total. The van der Waals surface area contributed by atoms with Crippen LogP contribution >= 0.6 is 0 Å². The van der Waals surface area contributed by atoms with Gasteiger partial charge in [-0.15, -0.1) is 0 Å². The van der Waals surface area contributed by atoms with Crippen molar-refractivity contribution in [3.05, 3.63) is 64.7 Å². The molecule has 1 unspecified atom stereocenters. The minimum Gasteiger partial charge on any atom is -0.507 e. The van der Waals surface area contributed by atoms with Gasteiger partial charge in [0.2, 0.25) is 0 Å². The fourth-order valence-electron chi connectivity index (χ4n) is 3.94. The van der Waals surface area contributed by atoms with Crippen LogP contribution in [0.4, 0.5) is 0 Å². The van der Waals surface area contributed by atoms with Gasteiger partial charge >= 0.3 is 0 Å². The summed E-state index contributed by atoms with van der Waals surface area (Å²) in [7, 11) is 1.59. The molecule has 0 aromatic heterocycles. The van der Waals surface area contributed by atoms with Crippen molar-refractivity contribution in [1.82, 2.24) is 4.90 Å². The molecule has 33 heavy (non-hydrogen) atoms. The molecule has 0 spiro atoms. The molecule has 2 aromatic rings. The molecule has 1 saturated heterocycles. The lowest BCUT2D eigenvalue weighted by molar-refractivity contribution is -0.140. The second-order valence-electron chi connectivity index (χ2n) is 7.78. The Balaban J connectivity index is 2.15. The number of aliphatic hydroxyl groups excluding tert-OH is 1. The highest BCUT2D eigenvalue weighted by atomic mass is 16.5. The van der Waals surface area contributed by atoms with E-state index in [1.807, 2.05) is 32.9 Å². The van der Waals surface area contributed by atoms with Crippen molar-refractivity contribution in [2.45, 2.75) is 33.2 Å². The van der Waals surface area contributed by atoms with Gasteiger partial charge in [0.25, 0.3) is 11.7 Å². The third-order valence-corrected chi connectivity index (χ3v) is 5.50. The smallest absolute Gasteiger partial charge is 0.295 e. The van der Waals surface area contributed by atoms with Crippen molar-refractivity contribution in [2.75, 3.05) is 33.5 Å². The summed E-state index contributed by atoms with van der Waals surface area (Å²) in [4.78, 5) is 27.6. The number of likely N-dealkylation sites (tertiary alicyclic amines) is 1. The van der Waals surface area contributed by atoms with Crippen molar-refractivity contribution in [1.29, 1.82) is 0 Å². The molecule has 1 aliphatic heterocycles. The van der Waals surface area contributed by atoms with Crippen LogP contribution in [0.3, 0.4) is 0 Å². The molecule has 0 saturated carbocycles. The summed E-state index contributed by atoms with van der Waals surface area (Å²) >= 11 is 0. The normalized spacial score (nSPS) is 17.5. The fourth-order valence-corrected chi connectivity index (χ4v) is 3.94. The highest BCUT2D eigenvalue weighted by molar-refractivity contribution is 6.46. The second kappa shape index (κ2) is 11.0. The SMILES string of the molecule is CCOc1ccc(C2/C(=C(\O)c3ccc(C)cc3)C(=O)C(=O)N2CCCOC)cc1OCC. The Morgan fingerprint density at radius 1 is 1.00 bits per heavy atom. The van der Waals surface area contributed by atoms with Gasteiger partial charge in [-0.2, -0.15) is 0 Å².